The first-order valence-corrected chi connectivity index (χ1v) is 3.01. The van der Waals surface area contributed by atoms with Crippen molar-refractivity contribution in [2.75, 3.05) is 13.2 Å². The van der Waals surface area contributed by atoms with E-state index >= 15 is 0 Å². The van der Waals surface area contributed by atoms with Gasteiger partial charge in [-0.15, -0.1) is 0 Å². The first kappa shape index (κ1) is 13.1. The fraction of sp³-hybridized carbons (Fsp3) is 0.833. The molecule has 0 aliphatic carbocycles. The van der Waals surface area contributed by atoms with Gasteiger partial charge in [-0.3, -0.25) is 4.79 Å². The van der Waals surface area contributed by atoms with E-state index in [2.05, 4.69) is 0 Å². The van der Waals surface area contributed by atoms with Gasteiger partial charge < -0.3 is 9.84 Å². The first-order valence-electron chi connectivity index (χ1n) is 3.01. The molecule has 0 bridgehead atoms. The molecule has 1 saturated heterocycles. The van der Waals surface area contributed by atoms with E-state index in [1.54, 1.807) is 0 Å². The fourth-order valence-electron chi connectivity index (χ4n) is 0.510. The molecular formula is C6H13NaO3. The molecule has 0 aromatic heterocycles. The van der Waals surface area contributed by atoms with E-state index in [4.69, 9.17) is 14.6 Å². The van der Waals surface area contributed by atoms with Crippen LogP contribution in [0.3, 0.4) is 0 Å². The van der Waals surface area contributed by atoms with Crippen LogP contribution in [-0.4, -0.2) is 53.8 Å². The monoisotopic (exact) mass is 156 g/mol. The molecule has 0 spiro atoms. The predicted molar refractivity (Wildman–Crippen MR) is 40.5 cm³/mol. The molecule has 1 rings (SSSR count). The van der Waals surface area contributed by atoms with Crippen LogP contribution in [0.15, 0.2) is 0 Å². The Morgan fingerprint density at radius 3 is 1.80 bits per heavy atom. The Hall–Kier alpha value is 0.430. The van der Waals surface area contributed by atoms with E-state index in [9.17, 15) is 0 Å². The number of carboxylic acid groups (broad SMARTS) is 1. The van der Waals surface area contributed by atoms with Gasteiger partial charge in [-0.05, 0) is 12.8 Å². The zero-order valence-electron chi connectivity index (χ0n) is 5.59. The molecule has 1 fully saturated rings. The third-order valence-electron chi connectivity index (χ3n) is 0.827. The van der Waals surface area contributed by atoms with Gasteiger partial charge in [0.05, 0.1) is 0 Å². The Morgan fingerprint density at radius 1 is 1.40 bits per heavy atom. The van der Waals surface area contributed by atoms with Gasteiger partial charge in [0, 0.05) is 20.1 Å². The predicted octanol–water partition coefficient (Wildman–Crippen LogP) is 0.239. The summed E-state index contributed by atoms with van der Waals surface area (Å²) in [6, 6.07) is 0. The van der Waals surface area contributed by atoms with E-state index in [0.29, 0.717) is 0 Å². The summed E-state index contributed by atoms with van der Waals surface area (Å²) in [7, 11) is 0. The molecule has 1 heterocycles. The van der Waals surface area contributed by atoms with Gasteiger partial charge in [0.1, 0.15) is 0 Å². The Balaban J connectivity index is 0. The SMILES string of the molecule is C1CCOC1.CC(=O)O.[NaH]. The Morgan fingerprint density at radius 2 is 1.70 bits per heavy atom. The van der Waals surface area contributed by atoms with Crippen molar-refractivity contribution < 1.29 is 14.6 Å². The van der Waals surface area contributed by atoms with E-state index < -0.39 is 5.97 Å². The molecule has 0 atom stereocenters. The minimum absolute atomic E-state index is 0. The van der Waals surface area contributed by atoms with Crippen molar-refractivity contribution in [3.05, 3.63) is 0 Å². The molecule has 3 nitrogen and oxygen atoms in total. The van der Waals surface area contributed by atoms with Gasteiger partial charge in [0.25, 0.3) is 5.97 Å². The third-order valence-corrected chi connectivity index (χ3v) is 0.827. The fourth-order valence-corrected chi connectivity index (χ4v) is 0.510. The summed E-state index contributed by atoms with van der Waals surface area (Å²) >= 11 is 0. The van der Waals surface area contributed by atoms with Crippen molar-refractivity contribution in [1.82, 2.24) is 0 Å². The van der Waals surface area contributed by atoms with Crippen LogP contribution in [0, 0.1) is 0 Å². The summed E-state index contributed by atoms with van der Waals surface area (Å²) < 4.78 is 4.94. The molecule has 0 aromatic rings. The maximum atomic E-state index is 9.00. The molecule has 0 radical (unpaired) electrons. The average Bonchev–Trinajstić information content (AvgIpc) is 2.11. The van der Waals surface area contributed by atoms with Crippen LogP contribution < -0.4 is 0 Å². The summed E-state index contributed by atoms with van der Waals surface area (Å²) in [4.78, 5) is 9.00. The molecule has 1 N–H and O–H groups in total. The Labute approximate surface area is 83.0 Å². The molecule has 0 unspecified atom stereocenters. The van der Waals surface area contributed by atoms with Crippen molar-refractivity contribution in [3.63, 3.8) is 0 Å². The van der Waals surface area contributed by atoms with Gasteiger partial charge in [-0.1, -0.05) is 0 Å². The molecule has 4 heteroatoms. The molecule has 0 saturated carbocycles. The number of carbonyl (C=O) groups is 1. The normalized spacial score (nSPS) is 14.5. The van der Waals surface area contributed by atoms with E-state index in [1.165, 1.54) is 12.8 Å². The average molecular weight is 156 g/mol. The summed E-state index contributed by atoms with van der Waals surface area (Å²) in [5.74, 6) is -0.833. The number of aliphatic carboxylic acids is 1. The maximum absolute atomic E-state index is 9.00. The second-order valence-corrected chi connectivity index (χ2v) is 1.84. The quantitative estimate of drug-likeness (QED) is 0.511. The van der Waals surface area contributed by atoms with Gasteiger partial charge in [0.2, 0.25) is 0 Å². The molecule has 0 amide bonds. The van der Waals surface area contributed by atoms with Crippen LogP contribution >= 0.6 is 0 Å². The number of hydrogen-bond donors (Lipinski definition) is 1. The third kappa shape index (κ3) is 15.8. The van der Waals surface area contributed by atoms with Gasteiger partial charge >= 0.3 is 29.6 Å². The van der Waals surface area contributed by atoms with Crippen LogP contribution in [0.2, 0.25) is 0 Å². The van der Waals surface area contributed by atoms with Gasteiger partial charge in [-0.2, -0.15) is 0 Å². The molecule has 1 aliphatic heterocycles. The van der Waals surface area contributed by atoms with Crippen molar-refractivity contribution in [2.45, 2.75) is 19.8 Å². The number of carboxylic acids is 1. The van der Waals surface area contributed by atoms with Crippen molar-refractivity contribution in [3.8, 4) is 0 Å². The zero-order valence-corrected chi connectivity index (χ0v) is 5.59. The Bertz CT molecular complexity index is 69.5. The van der Waals surface area contributed by atoms with E-state index in [1.807, 2.05) is 0 Å². The molecule has 0 aromatic carbocycles. The van der Waals surface area contributed by atoms with E-state index in [0.717, 1.165) is 20.1 Å². The number of rotatable bonds is 0. The van der Waals surface area contributed by atoms with Crippen molar-refractivity contribution in [1.29, 1.82) is 0 Å². The van der Waals surface area contributed by atoms with Gasteiger partial charge in [0.15, 0.2) is 0 Å². The molecule has 56 valence electrons. The Kier molecular flexibility index (Phi) is 12.3. The zero-order chi connectivity index (χ0) is 7.11. The second kappa shape index (κ2) is 9.43. The number of ether oxygens (including phenoxy) is 1. The number of hydrogen-bond acceptors (Lipinski definition) is 2. The minimum atomic E-state index is -0.833. The second-order valence-electron chi connectivity index (χ2n) is 1.84. The van der Waals surface area contributed by atoms with Crippen molar-refractivity contribution >= 4 is 35.5 Å². The molecular weight excluding hydrogens is 143 g/mol. The summed E-state index contributed by atoms with van der Waals surface area (Å²) in [5.41, 5.74) is 0. The summed E-state index contributed by atoms with van der Waals surface area (Å²) in [5, 5.41) is 7.42. The van der Waals surface area contributed by atoms with E-state index in [-0.39, 0.29) is 29.6 Å². The standard InChI is InChI=1S/C4H8O.C2H4O2.Na.H/c1-2-4-5-3-1;1-2(3)4;;/h1-4H2;1H3,(H,3,4);;. The first-order chi connectivity index (χ1) is 4.23. The molecule has 10 heavy (non-hydrogen) atoms. The topological polar surface area (TPSA) is 46.5 Å². The summed E-state index contributed by atoms with van der Waals surface area (Å²) in [6.07, 6.45) is 2.56. The van der Waals surface area contributed by atoms with Crippen LogP contribution in [0.4, 0.5) is 0 Å². The van der Waals surface area contributed by atoms with Gasteiger partial charge in [-0.25, -0.2) is 0 Å². The van der Waals surface area contributed by atoms with Crippen molar-refractivity contribution in [2.24, 2.45) is 0 Å². The van der Waals surface area contributed by atoms with Crippen LogP contribution in [0.25, 0.3) is 0 Å². The summed E-state index contributed by atoms with van der Waals surface area (Å²) in [6.45, 7) is 3.08. The molecule has 1 aliphatic rings. The van der Waals surface area contributed by atoms with Crippen LogP contribution in [0.1, 0.15) is 19.8 Å². The van der Waals surface area contributed by atoms with Crippen LogP contribution in [-0.2, 0) is 9.53 Å². The van der Waals surface area contributed by atoms with Crippen LogP contribution in [0.5, 0.6) is 0 Å².